The first-order chi connectivity index (χ1) is 15.6. The third kappa shape index (κ3) is 11.0. The minimum Gasteiger partial charge on any atom is -0.480 e. The second-order valence-corrected chi connectivity index (χ2v) is 9.30. The van der Waals surface area contributed by atoms with E-state index in [0.29, 0.717) is 5.75 Å². The van der Waals surface area contributed by atoms with Crippen molar-refractivity contribution in [1.82, 2.24) is 16.0 Å². The predicted molar refractivity (Wildman–Crippen MR) is 140 cm³/mol. The molecule has 4 atom stereocenters. The molecule has 0 radical (unpaired) electrons. The minimum atomic E-state index is -1.14. The number of halogens is 1. The molecule has 0 bridgehead atoms. The molecule has 3 amide bonds. The number of benzene rings is 1. The molecule has 0 fully saturated rings. The van der Waals surface area contributed by atoms with Crippen LogP contribution in [0.5, 0.6) is 0 Å². The number of hydrogen-bond acceptors (Lipinski definition) is 7. The van der Waals surface area contributed by atoms with Gasteiger partial charge in [0.25, 0.3) is 0 Å². The van der Waals surface area contributed by atoms with E-state index in [4.69, 9.17) is 5.73 Å². The first-order valence-electron chi connectivity index (χ1n) is 10.6. The normalized spacial score (nSPS) is 14.2. The Morgan fingerprint density at radius 1 is 1.00 bits per heavy atom. The zero-order valence-corrected chi connectivity index (χ0v) is 22.1. The quantitative estimate of drug-likeness (QED) is 0.194. The van der Waals surface area contributed by atoms with Gasteiger partial charge in [-0.15, -0.1) is 12.4 Å². The lowest BCUT2D eigenvalue weighted by Crippen LogP contribution is -2.59. The molecule has 0 unspecified atom stereocenters. The van der Waals surface area contributed by atoms with Crippen molar-refractivity contribution in [3.8, 4) is 0 Å². The summed E-state index contributed by atoms with van der Waals surface area (Å²) in [4.78, 5) is 49.9. The van der Waals surface area contributed by atoms with Gasteiger partial charge in [0.2, 0.25) is 17.7 Å². The van der Waals surface area contributed by atoms with Crippen LogP contribution < -0.4 is 21.7 Å². The average molecular weight is 535 g/mol. The van der Waals surface area contributed by atoms with Gasteiger partial charge in [0, 0.05) is 12.2 Å². The van der Waals surface area contributed by atoms with E-state index in [1.165, 1.54) is 11.8 Å². The monoisotopic (exact) mass is 534 g/mol. The number of carboxylic acid groups (broad SMARTS) is 1. The fourth-order valence-electron chi connectivity index (χ4n) is 2.96. The lowest BCUT2D eigenvalue weighted by molar-refractivity contribution is -0.142. The lowest BCUT2D eigenvalue weighted by atomic mass is 10.0. The van der Waals surface area contributed by atoms with Crippen LogP contribution in [0.15, 0.2) is 30.3 Å². The number of thiol groups is 1. The third-order valence-electron chi connectivity index (χ3n) is 4.92. The zero-order valence-electron chi connectivity index (χ0n) is 19.5. The molecule has 1 rings (SSSR count). The largest absolute Gasteiger partial charge is 0.480 e. The maximum absolute atomic E-state index is 13.0. The molecule has 192 valence electrons. The Hall–Kier alpha value is -1.95. The molecule has 1 aromatic carbocycles. The van der Waals surface area contributed by atoms with Crippen LogP contribution in [-0.2, 0) is 25.6 Å². The highest BCUT2D eigenvalue weighted by molar-refractivity contribution is 7.98. The van der Waals surface area contributed by atoms with Gasteiger partial charge in [0.15, 0.2) is 0 Å². The van der Waals surface area contributed by atoms with Gasteiger partial charge in [-0.1, -0.05) is 44.2 Å². The second-order valence-electron chi connectivity index (χ2n) is 7.95. The van der Waals surface area contributed by atoms with E-state index in [9.17, 15) is 24.3 Å². The standard InChI is InChI=1S/C22H34N4O5S2.ClH/c1-13(2)18(26-19(27)15(23)12-32)21(29)25-17(11-14-7-5-4-6-8-14)20(28)24-16(22(30)31)9-10-33-3;/h4-8,13,15-18,32H,9-12,23H2,1-3H3,(H,24,28)(H,25,29)(H,26,27)(H,30,31);1H/t15-,16-,17-,18-;/m0./s1. The van der Waals surface area contributed by atoms with Gasteiger partial charge in [-0.25, -0.2) is 4.79 Å². The van der Waals surface area contributed by atoms with Crippen LogP contribution in [0, 0.1) is 5.92 Å². The fourth-order valence-corrected chi connectivity index (χ4v) is 3.60. The van der Waals surface area contributed by atoms with E-state index in [-0.39, 0.29) is 36.9 Å². The number of nitrogens with two attached hydrogens (primary N) is 1. The highest BCUT2D eigenvalue weighted by atomic mass is 35.5. The van der Waals surface area contributed by atoms with E-state index in [1.54, 1.807) is 26.0 Å². The summed E-state index contributed by atoms with van der Waals surface area (Å²) in [6, 6.07) is 5.14. The highest BCUT2D eigenvalue weighted by Gasteiger charge is 2.31. The number of thioether (sulfide) groups is 1. The van der Waals surface area contributed by atoms with Crippen molar-refractivity contribution in [2.45, 2.75) is 50.9 Å². The maximum Gasteiger partial charge on any atom is 0.326 e. The SMILES string of the molecule is CSCC[C@H](NC(=O)[C@H](Cc1ccccc1)NC(=O)[C@@H](NC(=O)[C@@H](N)CS)C(C)C)C(=O)O.Cl. The molecule has 0 saturated carbocycles. The van der Waals surface area contributed by atoms with Gasteiger partial charge in [-0.05, 0) is 29.9 Å². The van der Waals surface area contributed by atoms with Crippen LogP contribution in [0.2, 0.25) is 0 Å². The van der Waals surface area contributed by atoms with Crippen molar-refractivity contribution < 1.29 is 24.3 Å². The summed E-state index contributed by atoms with van der Waals surface area (Å²) in [7, 11) is 0. The van der Waals surface area contributed by atoms with Crippen molar-refractivity contribution in [3.05, 3.63) is 35.9 Å². The number of nitrogens with one attached hydrogen (secondary N) is 3. The van der Waals surface area contributed by atoms with Gasteiger partial charge in [-0.3, -0.25) is 14.4 Å². The Morgan fingerprint density at radius 3 is 2.09 bits per heavy atom. The van der Waals surface area contributed by atoms with E-state index >= 15 is 0 Å². The van der Waals surface area contributed by atoms with Gasteiger partial charge < -0.3 is 26.8 Å². The topological polar surface area (TPSA) is 151 Å². The van der Waals surface area contributed by atoms with Crippen molar-refractivity contribution in [1.29, 1.82) is 0 Å². The van der Waals surface area contributed by atoms with Crippen molar-refractivity contribution >= 4 is 60.5 Å². The number of amides is 3. The average Bonchev–Trinajstić information content (AvgIpc) is 2.78. The Kier molecular flexibility index (Phi) is 15.7. The van der Waals surface area contributed by atoms with Crippen LogP contribution in [-0.4, -0.2) is 70.7 Å². The summed E-state index contributed by atoms with van der Waals surface area (Å²) in [5.74, 6) is -2.45. The van der Waals surface area contributed by atoms with Crippen LogP contribution in [0.1, 0.15) is 25.8 Å². The van der Waals surface area contributed by atoms with Crippen molar-refractivity contribution in [2.24, 2.45) is 11.7 Å². The number of carbonyl (C=O) groups is 4. The summed E-state index contributed by atoms with van der Waals surface area (Å²) >= 11 is 5.48. The van der Waals surface area contributed by atoms with Crippen LogP contribution in [0.4, 0.5) is 0 Å². The summed E-state index contributed by atoms with van der Waals surface area (Å²) < 4.78 is 0. The van der Waals surface area contributed by atoms with Crippen LogP contribution in [0.3, 0.4) is 0 Å². The fraction of sp³-hybridized carbons (Fsp3) is 0.545. The van der Waals surface area contributed by atoms with E-state index < -0.39 is 47.9 Å². The predicted octanol–water partition coefficient (Wildman–Crippen LogP) is 0.856. The molecule has 0 heterocycles. The first kappa shape index (κ1) is 32.0. The number of aliphatic carboxylic acids is 1. The third-order valence-corrected chi connectivity index (χ3v) is 5.96. The highest BCUT2D eigenvalue weighted by Crippen LogP contribution is 2.08. The van der Waals surface area contributed by atoms with Crippen molar-refractivity contribution in [3.63, 3.8) is 0 Å². The zero-order chi connectivity index (χ0) is 25.0. The molecule has 1 aromatic rings. The number of hydrogen-bond donors (Lipinski definition) is 6. The van der Waals surface area contributed by atoms with Gasteiger partial charge in [0.05, 0.1) is 6.04 Å². The van der Waals surface area contributed by atoms with Crippen LogP contribution >= 0.6 is 36.8 Å². The number of carbonyl (C=O) groups excluding carboxylic acids is 3. The minimum absolute atomic E-state index is 0. The first-order valence-corrected chi connectivity index (χ1v) is 12.7. The molecular weight excluding hydrogens is 500 g/mol. The molecule has 0 aliphatic heterocycles. The van der Waals surface area contributed by atoms with Gasteiger partial charge in [-0.2, -0.15) is 24.4 Å². The molecule has 0 aliphatic carbocycles. The molecule has 0 aliphatic rings. The Morgan fingerprint density at radius 2 is 1.59 bits per heavy atom. The summed E-state index contributed by atoms with van der Waals surface area (Å²) in [5.41, 5.74) is 6.49. The van der Waals surface area contributed by atoms with Crippen LogP contribution in [0.25, 0.3) is 0 Å². The molecule has 0 spiro atoms. The smallest absolute Gasteiger partial charge is 0.326 e. The van der Waals surface area contributed by atoms with Gasteiger partial charge in [0.1, 0.15) is 18.1 Å². The Balaban J connectivity index is 0.0000109. The lowest BCUT2D eigenvalue weighted by Gasteiger charge is -2.27. The van der Waals surface area contributed by atoms with Crippen molar-refractivity contribution in [2.75, 3.05) is 17.8 Å². The molecule has 34 heavy (non-hydrogen) atoms. The van der Waals surface area contributed by atoms with Gasteiger partial charge >= 0.3 is 5.97 Å². The summed E-state index contributed by atoms with van der Waals surface area (Å²) in [6.45, 7) is 3.51. The number of rotatable bonds is 14. The molecule has 0 saturated heterocycles. The Labute approximate surface area is 216 Å². The molecule has 12 heteroatoms. The summed E-state index contributed by atoms with van der Waals surface area (Å²) in [5, 5.41) is 17.3. The second kappa shape index (κ2) is 16.6. The summed E-state index contributed by atoms with van der Waals surface area (Å²) in [6.07, 6.45) is 2.25. The molecule has 0 aromatic heterocycles. The van der Waals surface area contributed by atoms with E-state index in [1.807, 2.05) is 24.5 Å². The number of carboxylic acids is 1. The molecular formula is C22H35ClN4O5S2. The van der Waals surface area contributed by atoms with E-state index in [2.05, 4.69) is 28.6 Å². The maximum atomic E-state index is 13.0. The molecule has 6 N–H and O–H groups in total. The Bertz CT molecular complexity index is 801. The van der Waals surface area contributed by atoms with E-state index in [0.717, 1.165) is 5.56 Å². The molecule has 9 nitrogen and oxygen atoms in total.